The van der Waals surface area contributed by atoms with E-state index in [1.54, 1.807) is 0 Å². The molecule has 0 bridgehead atoms. The summed E-state index contributed by atoms with van der Waals surface area (Å²) in [6, 6.07) is 72.3. The first kappa shape index (κ1) is 31.6. The van der Waals surface area contributed by atoms with Crippen LogP contribution >= 0.6 is 11.3 Å². The molecule has 0 unspecified atom stereocenters. The molecular weight excluding hydrogens is 687 g/mol. The van der Waals surface area contributed by atoms with Gasteiger partial charge in [-0.15, -0.1) is 11.3 Å². The van der Waals surface area contributed by atoms with Crippen LogP contribution in [0.5, 0.6) is 0 Å². The topological polar surface area (TPSA) is 16.4 Å². The Morgan fingerprint density at radius 3 is 1.87 bits per heavy atom. The van der Waals surface area contributed by atoms with E-state index in [-0.39, 0.29) is 0 Å². The van der Waals surface area contributed by atoms with Gasteiger partial charge in [0.05, 0.1) is 5.69 Å². The molecule has 3 heteroatoms. The molecule has 2 heterocycles. The molecule has 55 heavy (non-hydrogen) atoms. The molecule has 0 atom stereocenters. The molecule has 0 aliphatic rings. The highest BCUT2D eigenvalue weighted by Gasteiger charge is 2.20. The van der Waals surface area contributed by atoms with E-state index >= 15 is 0 Å². The average Bonchev–Trinajstić information content (AvgIpc) is 3.82. The Labute approximate surface area is 322 Å². The Bertz CT molecular complexity index is 3220. The van der Waals surface area contributed by atoms with Crippen molar-refractivity contribution in [2.24, 2.45) is 0 Å². The highest BCUT2D eigenvalue weighted by atomic mass is 32.1. The Balaban J connectivity index is 1.04. The zero-order chi connectivity index (χ0) is 36.3. The molecule has 0 saturated carbocycles. The van der Waals surface area contributed by atoms with Crippen LogP contribution in [-0.4, -0.2) is 0 Å². The first-order valence-electron chi connectivity index (χ1n) is 18.7. The first-order valence-corrected chi connectivity index (χ1v) is 19.5. The van der Waals surface area contributed by atoms with Gasteiger partial charge in [-0.1, -0.05) is 140 Å². The van der Waals surface area contributed by atoms with Gasteiger partial charge in [-0.25, -0.2) is 0 Å². The van der Waals surface area contributed by atoms with E-state index < -0.39 is 0 Å². The number of rotatable bonds is 6. The predicted molar refractivity (Wildman–Crippen MR) is 235 cm³/mol. The van der Waals surface area contributed by atoms with Gasteiger partial charge in [0.2, 0.25) is 0 Å². The van der Waals surface area contributed by atoms with Gasteiger partial charge in [0, 0.05) is 53.9 Å². The number of thiophene rings is 1. The Hall–Kier alpha value is -6.94. The largest absolute Gasteiger partial charge is 0.456 e. The molecule has 0 fully saturated rings. The van der Waals surface area contributed by atoms with Crippen molar-refractivity contribution in [1.82, 2.24) is 0 Å². The van der Waals surface area contributed by atoms with Crippen LogP contribution in [0.25, 0.3) is 86.3 Å². The van der Waals surface area contributed by atoms with Gasteiger partial charge in [0.1, 0.15) is 11.2 Å². The summed E-state index contributed by atoms with van der Waals surface area (Å²) < 4.78 is 9.05. The maximum Gasteiger partial charge on any atom is 0.137 e. The second-order valence-corrected chi connectivity index (χ2v) is 15.2. The second-order valence-electron chi connectivity index (χ2n) is 14.1. The number of para-hydroxylation sites is 2. The van der Waals surface area contributed by atoms with E-state index in [1.165, 1.54) is 53.2 Å². The van der Waals surface area contributed by atoms with E-state index in [2.05, 4.69) is 193 Å². The van der Waals surface area contributed by atoms with E-state index in [4.69, 9.17) is 4.42 Å². The lowest BCUT2D eigenvalue weighted by Crippen LogP contribution is -2.11. The molecule has 0 spiro atoms. The van der Waals surface area contributed by atoms with Gasteiger partial charge in [-0.05, 0) is 93.2 Å². The van der Waals surface area contributed by atoms with Crippen molar-refractivity contribution in [3.8, 4) is 33.4 Å². The molecule has 0 radical (unpaired) electrons. The summed E-state index contributed by atoms with van der Waals surface area (Å²) in [6.07, 6.45) is 0. The van der Waals surface area contributed by atoms with E-state index in [9.17, 15) is 0 Å². The molecule has 0 aliphatic heterocycles. The third-order valence-corrected chi connectivity index (χ3v) is 12.0. The minimum atomic E-state index is 0.869. The van der Waals surface area contributed by atoms with Crippen molar-refractivity contribution in [3.05, 3.63) is 200 Å². The van der Waals surface area contributed by atoms with E-state index in [0.29, 0.717) is 0 Å². The molecule has 0 amide bonds. The smallest absolute Gasteiger partial charge is 0.137 e. The summed E-state index contributed by atoms with van der Waals surface area (Å²) >= 11 is 1.85. The Kier molecular flexibility index (Phi) is 7.39. The number of furan rings is 1. The Morgan fingerprint density at radius 1 is 0.345 bits per heavy atom. The molecule has 2 nitrogen and oxygen atoms in total. The molecule has 0 N–H and O–H groups in total. The van der Waals surface area contributed by atoms with Crippen LogP contribution in [0.4, 0.5) is 17.1 Å². The average molecular weight is 720 g/mol. The maximum atomic E-state index is 6.45. The van der Waals surface area contributed by atoms with Gasteiger partial charge in [0.15, 0.2) is 0 Å². The van der Waals surface area contributed by atoms with Crippen molar-refractivity contribution in [2.75, 3.05) is 4.90 Å². The summed E-state index contributed by atoms with van der Waals surface area (Å²) in [5.74, 6) is 0. The minimum Gasteiger partial charge on any atom is -0.456 e. The summed E-state index contributed by atoms with van der Waals surface area (Å²) in [5.41, 5.74) is 12.1. The number of hydrogen-bond acceptors (Lipinski definition) is 3. The Morgan fingerprint density at radius 2 is 0.982 bits per heavy atom. The number of nitrogens with zero attached hydrogens (tertiary/aromatic N) is 1. The van der Waals surface area contributed by atoms with Crippen LogP contribution in [-0.2, 0) is 0 Å². The van der Waals surface area contributed by atoms with Gasteiger partial charge in [0.25, 0.3) is 0 Å². The van der Waals surface area contributed by atoms with Crippen LogP contribution in [0.1, 0.15) is 0 Å². The third kappa shape index (κ3) is 5.48. The SMILES string of the molecule is c1cc(-c2ccc(-c3ccc4ccccc4c3)cc2)cc(N(c2ccc3c(c2)oc2ccccc23)c2ccccc2-c2ccc3c(c2)sc2ccccc23)c1. The summed E-state index contributed by atoms with van der Waals surface area (Å²) in [5, 5.41) is 7.36. The lowest BCUT2D eigenvalue weighted by Gasteiger charge is -2.28. The number of benzene rings is 9. The fourth-order valence-corrected chi connectivity index (χ4v) is 9.28. The van der Waals surface area contributed by atoms with Crippen LogP contribution < -0.4 is 4.90 Å². The van der Waals surface area contributed by atoms with E-state index in [1.807, 2.05) is 23.5 Å². The highest BCUT2D eigenvalue weighted by Crippen LogP contribution is 2.45. The van der Waals surface area contributed by atoms with Gasteiger partial charge in [-0.3, -0.25) is 0 Å². The first-order chi connectivity index (χ1) is 27.2. The maximum absolute atomic E-state index is 6.45. The lowest BCUT2D eigenvalue weighted by atomic mass is 9.97. The van der Waals surface area contributed by atoms with Gasteiger partial charge < -0.3 is 9.32 Å². The van der Waals surface area contributed by atoms with Crippen LogP contribution in [0.2, 0.25) is 0 Å². The van der Waals surface area contributed by atoms with Gasteiger partial charge >= 0.3 is 0 Å². The number of fused-ring (bicyclic) bond motifs is 7. The summed E-state index contributed by atoms with van der Waals surface area (Å²) in [7, 11) is 0. The van der Waals surface area contributed by atoms with Crippen LogP contribution in [0, 0.1) is 0 Å². The molecule has 2 aromatic heterocycles. The van der Waals surface area contributed by atoms with Crippen molar-refractivity contribution in [1.29, 1.82) is 0 Å². The minimum absolute atomic E-state index is 0.869. The molecule has 0 saturated heterocycles. The third-order valence-electron chi connectivity index (χ3n) is 10.9. The molecule has 258 valence electrons. The van der Waals surface area contributed by atoms with Crippen molar-refractivity contribution < 1.29 is 4.42 Å². The second kappa shape index (κ2) is 12.9. The van der Waals surface area contributed by atoms with E-state index in [0.717, 1.165) is 50.1 Å². The number of hydrogen-bond donors (Lipinski definition) is 0. The molecular formula is C52H33NOS. The quantitative estimate of drug-likeness (QED) is 0.170. The molecule has 11 rings (SSSR count). The van der Waals surface area contributed by atoms with Gasteiger partial charge in [-0.2, -0.15) is 0 Å². The predicted octanol–water partition coefficient (Wildman–Crippen LogP) is 15.6. The highest BCUT2D eigenvalue weighted by molar-refractivity contribution is 7.25. The lowest BCUT2D eigenvalue weighted by molar-refractivity contribution is 0.669. The summed E-state index contributed by atoms with van der Waals surface area (Å²) in [4.78, 5) is 2.38. The molecule has 9 aromatic carbocycles. The van der Waals surface area contributed by atoms with Crippen LogP contribution in [0.3, 0.4) is 0 Å². The zero-order valence-corrected chi connectivity index (χ0v) is 30.6. The van der Waals surface area contributed by atoms with Crippen molar-refractivity contribution in [3.63, 3.8) is 0 Å². The van der Waals surface area contributed by atoms with Crippen molar-refractivity contribution in [2.45, 2.75) is 0 Å². The normalized spacial score (nSPS) is 11.6. The fraction of sp³-hybridized carbons (Fsp3) is 0. The summed E-state index contributed by atoms with van der Waals surface area (Å²) in [6.45, 7) is 0. The molecule has 11 aromatic rings. The standard InChI is InChI=1S/C52H33NOS/c1-2-11-37-30-39(25-24-34(37)10-1)36-22-20-35(21-23-36)38-12-9-13-41(31-38)53(42-27-29-45-44-15-4-7-18-49(44)54-50(45)33-42)48-17-6-3-14-43(48)40-26-28-47-46-16-5-8-19-51(46)55-52(47)32-40/h1-33H. The van der Waals surface area contributed by atoms with Crippen LogP contribution in [0.15, 0.2) is 205 Å². The number of anilines is 3. The molecule has 0 aliphatic carbocycles. The monoisotopic (exact) mass is 719 g/mol. The zero-order valence-electron chi connectivity index (χ0n) is 29.8. The van der Waals surface area contributed by atoms with Crippen molar-refractivity contribution >= 4 is 81.3 Å². The fourth-order valence-electron chi connectivity index (χ4n) is 8.14.